The number of hydrogen-bond donors (Lipinski definition) is 1. The molecule has 0 radical (unpaired) electrons. The van der Waals surface area contributed by atoms with Crippen LogP contribution >= 0.6 is 0 Å². The first-order chi connectivity index (χ1) is 7.13. The Morgan fingerprint density at radius 3 is 1.93 bits per heavy atom. The molecule has 0 unspecified atom stereocenters. The van der Waals surface area contributed by atoms with E-state index in [1.807, 2.05) is 0 Å². The van der Waals surface area contributed by atoms with Gasteiger partial charge in [-0.2, -0.15) is 0 Å². The van der Waals surface area contributed by atoms with Crippen molar-refractivity contribution in [2.75, 3.05) is 0 Å². The summed E-state index contributed by atoms with van der Waals surface area (Å²) in [5, 5.41) is 8.79. The van der Waals surface area contributed by atoms with Crippen molar-refractivity contribution >= 4 is 12.6 Å². The first-order valence-electron chi connectivity index (χ1n) is 4.10. The maximum absolute atomic E-state index is 12.5. The van der Waals surface area contributed by atoms with Crippen LogP contribution in [0, 0.1) is 0 Å². The van der Waals surface area contributed by atoms with Crippen molar-refractivity contribution in [3.63, 3.8) is 0 Å². The number of alkyl halides is 2. The van der Waals surface area contributed by atoms with Crippen molar-refractivity contribution in [3.05, 3.63) is 34.4 Å². The molecule has 0 bridgehead atoms. The van der Waals surface area contributed by atoms with Gasteiger partial charge in [-0.05, 0) is 17.7 Å². The summed E-state index contributed by atoms with van der Waals surface area (Å²) in [5.41, 5.74) is -0.863. The van der Waals surface area contributed by atoms with Gasteiger partial charge in [-0.15, -0.1) is 0 Å². The van der Waals surface area contributed by atoms with Crippen LogP contribution in [0.2, 0.25) is 0 Å². The highest BCUT2D eigenvalue weighted by Crippen LogP contribution is 2.26. The van der Waals surface area contributed by atoms with Gasteiger partial charge in [0, 0.05) is 16.7 Å². The molecule has 5 heteroatoms. The molecule has 0 aliphatic rings. The Morgan fingerprint density at radius 1 is 1.20 bits per heavy atom. The Hall–Kier alpha value is -1.62. The van der Waals surface area contributed by atoms with Crippen molar-refractivity contribution in [1.82, 2.24) is 0 Å². The van der Waals surface area contributed by atoms with E-state index < -0.39 is 18.6 Å². The lowest BCUT2D eigenvalue weighted by molar-refractivity contribution is 0.109. The van der Waals surface area contributed by atoms with Gasteiger partial charge in [0.2, 0.25) is 0 Å². The molecule has 0 aromatic heterocycles. The number of aliphatic hydroxyl groups excluding tert-OH is 1. The van der Waals surface area contributed by atoms with E-state index in [1.54, 1.807) is 0 Å². The summed E-state index contributed by atoms with van der Waals surface area (Å²) in [6, 6.07) is 2.28. The van der Waals surface area contributed by atoms with Gasteiger partial charge in [-0.3, -0.25) is 9.59 Å². The second-order valence-corrected chi connectivity index (χ2v) is 2.88. The Labute approximate surface area is 84.3 Å². The van der Waals surface area contributed by atoms with Crippen LogP contribution in [0.4, 0.5) is 8.78 Å². The number of carbonyl (C=O) groups is 2. The van der Waals surface area contributed by atoms with Crippen molar-refractivity contribution in [1.29, 1.82) is 0 Å². The zero-order chi connectivity index (χ0) is 11.4. The minimum Gasteiger partial charge on any atom is -0.392 e. The number of aldehydes is 2. The normalized spacial score (nSPS) is 10.4. The number of benzene rings is 1. The molecule has 0 aliphatic carbocycles. The van der Waals surface area contributed by atoms with E-state index in [2.05, 4.69) is 0 Å². The maximum atomic E-state index is 12.5. The van der Waals surface area contributed by atoms with Gasteiger partial charge in [-0.1, -0.05) is 0 Å². The minimum absolute atomic E-state index is 0.244. The van der Waals surface area contributed by atoms with E-state index in [0.29, 0.717) is 0 Å². The Kier molecular flexibility index (Phi) is 3.62. The van der Waals surface area contributed by atoms with Crippen LogP contribution in [0.3, 0.4) is 0 Å². The topological polar surface area (TPSA) is 54.4 Å². The highest BCUT2D eigenvalue weighted by atomic mass is 19.3. The SMILES string of the molecule is O=Cc1cc(CO)cc(C=O)c1C(F)F. The van der Waals surface area contributed by atoms with Crippen LogP contribution in [0.15, 0.2) is 12.1 Å². The molecule has 0 amide bonds. The Balaban J connectivity index is 3.45. The third-order valence-corrected chi connectivity index (χ3v) is 1.96. The Bertz CT molecular complexity index is 359. The van der Waals surface area contributed by atoms with E-state index in [-0.39, 0.29) is 29.3 Å². The minimum atomic E-state index is -2.89. The molecule has 0 saturated heterocycles. The molecule has 80 valence electrons. The lowest BCUT2D eigenvalue weighted by atomic mass is 9.99. The summed E-state index contributed by atoms with van der Waals surface area (Å²) in [6.07, 6.45) is -2.40. The fraction of sp³-hybridized carbons (Fsp3) is 0.200. The van der Waals surface area contributed by atoms with E-state index in [4.69, 9.17) is 5.11 Å². The summed E-state index contributed by atoms with van der Waals surface area (Å²) in [4.78, 5) is 21.1. The molecular formula is C10H8F2O3. The molecule has 3 nitrogen and oxygen atoms in total. The molecule has 1 rings (SSSR count). The van der Waals surface area contributed by atoms with Gasteiger partial charge >= 0.3 is 0 Å². The third-order valence-electron chi connectivity index (χ3n) is 1.96. The molecule has 0 spiro atoms. The van der Waals surface area contributed by atoms with Gasteiger partial charge in [-0.25, -0.2) is 8.78 Å². The van der Waals surface area contributed by atoms with Crippen LogP contribution in [0.5, 0.6) is 0 Å². The van der Waals surface area contributed by atoms with Gasteiger partial charge < -0.3 is 5.11 Å². The first-order valence-corrected chi connectivity index (χ1v) is 4.10. The third kappa shape index (κ3) is 2.24. The number of halogens is 2. The van der Waals surface area contributed by atoms with E-state index in [0.717, 1.165) is 12.1 Å². The zero-order valence-corrected chi connectivity index (χ0v) is 7.61. The zero-order valence-electron chi connectivity index (χ0n) is 7.61. The molecule has 0 fully saturated rings. The predicted molar refractivity (Wildman–Crippen MR) is 48.1 cm³/mol. The number of hydrogen-bond acceptors (Lipinski definition) is 3. The number of rotatable bonds is 4. The van der Waals surface area contributed by atoms with Crippen molar-refractivity contribution < 1.29 is 23.5 Å². The first kappa shape index (κ1) is 11.5. The van der Waals surface area contributed by atoms with Gasteiger partial charge in [0.05, 0.1) is 6.61 Å². The summed E-state index contributed by atoms with van der Waals surface area (Å²) in [5.74, 6) is 0. The predicted octanol–water partition coefficient (Wildman–Crippen LogP) is 1.74. The fourth-order valence-electron chi connectivity index (χ4n) is 1.30. The molecule has 0 saturated carbocycles. The summed E-state index contributed by atoms with van der Waals surface area (Å²) < 4.78 is 25.0. The second kappa shape index (κ2) is 4.75. The largest absolute Gasteiger partial charge is 0.392 e. The van der Waals surface area contributed by atoms with Crippen LogP contribution in [-0.4, -0.2) is 17.7 Å². The number of aliphatic hydroxyl groups is 1. The average Bonchev–Trinajstić information content (AvgIpc) is 2.26. The monoisotopic (exact) mass is 214 g/mol. The molecule has 15 heavy (non-hydrogen) atoms. The highest BCUT2D eigenvalue weighted by molar-refractivity contribution is 5.86. The molecule has 1 N–H and O–H groups in total. The highest BCUT2D eigenvalue weighted by Gasteiger charge is 2.18. The van der Waals surface area contributed by atoms with Crippen molar-refractivity contribution in [3.8, 4) is 0 Å². The number of carbonyl (C=O) groups excluding carboxylic acids is 2. The van der Waals surface area contributed by atoms with Gasteiger partial charge in [0.15, 0.2) is 12.6 Å². The van der Waals surface area contributed by atoms with E-state index in [1.165, 1.54) is 0 Å². The lowest BCUT2D eigenvalue weighted by Crippen LogP contribution is -2.02. The summed E-state index contributed by atoms with van der Waals surface area (Å²) in [6.45, 7) is -0.412. The van der Waals surface area contributed by atoms with E-state index >= 15 is 0 Å². The lowest BCUT2D eigenvalue weighted by Gasteiger charge is -2.08. The van der Waals surface area contributed by atoms with Crippen LogP contribution in [0.1, 0.15) is 38.3 Å². The van der Waals surface area contributed by atoms with Crippen LogP contribution in [0.25, 0.3) is 0 Å². The molecule has 0 aliphatic heterocycles. The molecule has 1 aromatic rings. The summed E-state index contributed by atoms with van der Waals surface area (Å²) in [7, 11) is 0. The molecule has 0 heterocycles. The Morgan fingerprint density at radius 2 is 1.67 bits per heavy atom. The quantitative estimate of drug-likeness (QED) is 0.776. The second-order valence-electron chi connectivity index (χ2n) is 2.88. The van der Waals surface area contributed by atoms with Crippen LogP contribution < -0.4 is 0 Å². The molecule has 1 aromatic carbocycles. The standard InChI is InChI=1S/C10H8F2O3/c11-10(12)9-7(4-14)1-6(3-13)2-8(9)5-15/h1-2,4-5,10,13H,3H2. The molecule has 0 atom stereocenters. The van der Waals surface area contributed by atoms with Crippen molar-refractivity contribution in [2.45, 2.75) is 13.0 Å². The van der Waals surface area contributed by atoms with Gasteiger partial charge in [0.1, 0.15) is 0 Å². The maximum Gasteiger partial charge on any atom is 0.265 e. The molecular weight excluding hydrogens is 206 g/mol. The smallest absolute Gasteiger partial charge is 0.265 e. The average molecular weight is 214 g/mol. The van der Waals surface area contributed by atoms with E-state index in [9.17, 15) is 18.4 Å². The van der Waals surface area contributed by atoms with Crippen molar-refractivity contribution in [2.24, 2.45) is 0 Å². The van der Waals surface area contributed by atoms with Crippen LogP contribution in [-0.2, 0) is 6.61 Å². The summed E-state index contributed by atoms with van der Waals surface area (Å²) >= 11 is 0. The fourth-order valence-corrected chi connectivity index (χ4v) is 1.30. The van der Waals surface area contributed by atoms with Gasteiger partial charge in [0.25, 0.3) is 6.43 Å².